The number of Topliss-reactive ketones (excluding diaryl/α,β-unsaturated/α-hetero) is 1. The summed E-state index contributed by atoms with van der Waals surface area (Å²) in [5.74, 6) is 0.728. The predicted octanol–water partition coefficient (Wildman–Crippen LogP) is 2.68. The fourth-order valence-corrected chi connectivity index (χ4v) is 2.63. The van der Waals surface area contributed by atoms with Gasteiger partial charge in [0.15, 0.2) is 0 Å². The molecule has 0 fully saturated rings. The van der Waals surface area contributed by atoms with Crippen molar-refractivity contribution in [2.75, 3.05) is 7.11 Å². The van der Waals surface area contributed by atoms with E-state index in [1.165, 1.54) is 0 Å². The topological polar surface area (TPSA) is 68.1 Å². The number of carbonyl (C=O) groups excluding carboxylic acids is 1. The van der Waals surface area contributed by atoms with Gasteiger partial charge in [-0.1, -0.05) is 11.6 Å². The Bertz CT molecular complexity index is 607. The van der Waals surface area contributed by atoms with Gasteiger partial charge in [0.05, 0.1) is 12.1 Å². The lowest BCUT2D eigenvalue weighted by Gasteiger charge is -2.10. The lowest BCUT2D eigenvalue weighted by Crippen LogP contribution is -2.25. The quantitative estimate of drug-likeness (QED) is 0.885. The first-order valence-electron chi connectivity index (χ1n) is 6.10. The Morgan fingerprint density at radius 3 is 2.89 bits per heavy atom. The number of ketones is 1. The number of halogens is 1. The Hall–Kier alpha value is -1.52. The van der Waals surface area contributed by atoms with E-state index in [1.54, 1.807) is 14.0 Å². The number of methoxy groups -OCH3 is 1. The zero-order chi connectivity index (χ0) is 14.0. The van der Waals surface area contributed by atoms with Crippen LogP contribution in [0.5, 0.6) is 5.75 Å². The third-order valence-corrected chi connectivity index (χ3v) is 3.46. The number of aromatic amines is 1. The monoisotopic (exact) mass is 280 g/mol. The maximum Gasteiger partial charge on any atom is 0.138 e. The highest BCUT2D eigenvalue weighted by Crippen LogP contribution is 2.35. The van der Waals surface area contributed by atoms with Crippen LogP contribution in [0, 0.1) is 0 Å². The molecule has 1 unspecified atom stereocenters. The maximum atomic E-state index is 11.1. The van der Waals surface area contributed by atoms with E-state index in [0.29, 0.717) is 23.6 Å². The number of aromatic nitrogens is 1. The van der Waals surface area contributed by atoms with Crippen LogP contribution in [-0.2, 0) is 11.2 Å². The van der Waals surface area contributed by atoms with Gasteiger partial charge in [-0.3, -0.25) is 4.79 Å². The summed E-state index contributed by atoms with van der Waals surface area (Å²) < 4.78 is 5.22. The molecule has 2 rings (SSSR count). The van der Waals surface area contributed by atoms with Gasteiger partial charge in [-0.2, -0.15) is 0 Å². The van der Waals surface area contributed by atoms with Crippen LogP contribution in [0.25, 0.3) is 10.9 Å². The molecule has 0 saturated carbocycles. The number of nitrogens with two attached hydrogens (primary N) is 1. The van der Waals surface area contributed by atoms with Crippen molar-refractivity contribution >= 4 is 28.3 Å². The molecule has 0 aliphatic heterocycles. The number of hydrogen-bond donors (Lipinski definition) is 2. The molecule has 1 heterocycles. The fourth-order valence-electron chi connectivity index (χ4n) is 2.27. The molecule has 0 amide bonds. The summed E-state index contributed by atoms with van der Waals surface area (Å²) in [6, 6.07) is 3.54. The van der Waals surface area contributed by atoms with Crippen LogP contribution >= 0.6 is 11.6 Å². The fraction of sp³-hybridized carbons (Fsp3) is 0.357. The van der Waals surface area contributed by atoms with E-state index < -0.39 is 0 Å². The predicted molar refractivity (Wildman–Crippen MR) is 76.8 cm³/mol. The van der Waals surface area contributed by atoms with Gasteiger partial charge in [-0.15, -0.1) is 0 Å². The van der Waals surface area contributed by atoms with Crippen molar-refractivity contribution < 1.29 is 9.53 Å². The largest absolute Gasteiger partial charge is 0.495 e. The summed E-state index contributed by atoms with van der Waals surface area (Å²) in [7, 11) is 1.58. The second-order valence-corrected chi connectivity index (χ2v) is 5.07. The molecule has 0 bridgehead atoms. The number of hydrogen-bond acceptors (Lipinski definition) is 3. The van der Waals surface area contributed by atoms with Gasteiger partial charge in [0.25, 0.3) is 0 Å². The summed E-state index contributed by atoms with van der Waals surface area (Å²) in [4.78, 5) is 14.2. The standard InChI is InChI=1S/C14H17ClN2O2/c1-8(18)5-10(16)6-9-7-17-11-3-4-12(19-2)14(15)13(9)11/h3-4,7,10,17H,5-6,16H2,1-2H3. The molecule has 4 nitrogen and oxygen atoms in total. The van der Waals surface area contributed by atoms with E-state index in [-0.39, 0.29) is 11.8 Å². The van der Waals surface area contributed by atoms with Crippen LogP contribution in [0.3, 0.4) is 0 Å². The summed E-state index contributed by atoms with van der Waals surface area (Å²) in [6.45, 7) is 1.55. The number of benzene rings is 1. The molecular weight excluding hydrogens is 264 g/mol. The van der Waals surface area contributed by atoms with Crippen molar-refractivity contribution in [1.82, 2.24) is 4.98 Å². The van der Waals surface area contributed by atoms with Gasteiger partial charge in [0, 0.05) is 29.6 Å². The molecule has 19 heavy (non-hydrogen) atoms. The van der Waals surface area contributed by atoms with Gasteiger partial charge >= 0.3 is 0 Å². The average Bonchev–Trinajstić information content (AvgIpc) is 2.72. The number of H-pyrrole nitrogens is 1. The summed E-state index contributed by atoms with van der Waals surface area (Å²) in [5.41, 5.74) is 7.92. The second-order valence-electron chi connectivity index (χ2n) is 4.69. The minimum Gasteiger partial charge on any atom is -0.495 e. The number of nitrogens with one attached hydrogen (secondary N) is 1. The molecule has 0 radical (unpaired) electrons. The van der Waals surface area contributed by atoms with E-state index in [0.717, 1.165) is 16.5 Å². The Morgan fingerprint density at radius 2 is 2.26 bits per heavy atom. The first-order valence-corrected chi connectivity index (χ1v) is 6.48. The maximum absolute atomic E-state index is 11.1. The zero-order valence-electron chi connectivity index (χ0n) is 11.0. The molecule has 3 N–H and O–H groups in total. The van der Waals surface area contributed by atoms with Crippen LogP contribution in [0.4, 0.5) is 0 Å². The molecule has 5 heteroatoms. The van der Waals surface area contributed by atoms with E-state index >= 15 is 0 Å². The third kappa shape index (κ3) is 2.91. The van der Waals surface area contributed by atoms with E-state index in [2.05, 4.69) is 4.98 Å². The molecule has 1 aromatic heterocycles. The van der Waals surface area contributed by atoms with E-state index in [4.69, 9.17) is 22.1 Å². The van der Waals surface area contributed by atoms with Gasteiger partial charge in [-0.25, -0.2) is 0 Å². The van der Waals surface area contributed by atoms with Gasteiger partial charge in [0.2, 0.25) is 0 Å². The normalized spacial score (nSPS) is 12.6. The molecule has 0 spiro atoms. The second kappa shape index (κ2) is 5.63. The minimum absolute atomic E-state index is 0.0935. The van der Waals surface area contributed by atoms with Gasteiger partial charge in [0.1, 0.15) is 11.5 Å². The van der Waals surface area contributed by atoms with Crippen molar-refractivity contribution in [3.8, 4) is 5.75 Å². The Morgan fingerprint density at radius 1 is 1.53 bits per heavy atom. The summed E-state index contributed by atoms with van der Waals surface area (Å²) in [6.07, 6.45) is 2.86. The zero-order valence-corrected chi connectivity index (χ0v) is 11.8. The van der Waals surface area contributed by atoms with Crippen LogP contribution in [-0.4, -0.2) is 23.9 Å². The lowest BCUT2D eigenvalue weighted by molar-refractivity contribution is -0.117. The first kappa shape index (κ1) is 13.9. The SMILES string of the molecule is COc1ccc2[nH]cc(CC(N)CC(C)=O)c2c1Cl. The highest BCUT2D eigenvalue weighted by molar-refractivity contribution is 6.37. The minimum atomic E-state index is -0.196. The number of fused-ring (bicyclic) bond motifs is 1. The highest BCUT2D eigenvalue weighted by atomic mass is 35.5. The Balaban J connectivity index is 2.36. The molecule has 2 aromatic rings. The molecule has 0 aliphatic carbocycles. The van der Waals surface area contributed by atoms with Crippen molar-refractivity contribution in [3.05, 3.63) is 28.9 Å². The van der Waals surface area contributed by atoms with Crippen molar-refractivity contribution in [3.63, 3.8) is 0 Å². The average molecular weight is 281 g/mol. The number of carbonyl (C=O) groups is 1. The number of ether oxygens (including phenoxy) is 1. The first-order chi connectivity index (χ1) is 9.02. The smallest absolute Gasteiger partial charge is 0.138 e. The molecule has 0 aliphatic rings. The summed E-state index contributed by atoms with van der Waals surface area (Å²) in [5, 5.41) is 1.49. The Kier molecular flexibility index (Phi) is 4.12. The van der Waals surface area contributed by atoms with Crippen LogP contribution in [0.1, 0.15) is 18.9 Å². The molecule has 0 saturated heterocycles. The molecule has 102 valence electrons. The number of rotatable bonds is 5. The third-order valence-electron chi connectivity index (χ3n) is 3.08. The summed E-state index contributed by atoms with van der Waals surface area (Å²) >= 11 is 6.32. The molecule has 1 aromatic carbocycles. The highest BCUT2D eigenvalue weighted by Gasteiger charge is 2.15. The van der Waals surface area contributed by atoms with E-state index in [9.17, 15) is 4.79 Å². The van der Waals surface area contributed by atoms with Gasteiger partial charge < -0.3 is 15.5 Å². The molecule has 1 atom stereocenters. The Labute approximate surface area is 116 Å². The van der Waals surface area contributed by atoms with Crippen molar-refractivity contribution in [2.24, 2.45) is 5.73 Å². The van der Waals surface area contributed by atoms with Crippen molar-refractivity contribution in [1.29, 1.82) is 0 Å². The van der Waals surface area contributed by atoms with Crippen molar-refractivity contribution in [2.45, 2.75) is 25.8 Å². The lowest BCUT2D eigenvalue weighted by atomic mass is 10.0. The van der Waals surface area contributed by atoms with Crippen LogP contribution in [0.2, 0.25) is 5.02 Å². The molecular formula is C14H17ClN2O2. The van der Waals surface area contributed by atoms with Gasteiger partial charge in [-0.05, 0) is 31.0 Å². The van der Waals surface area contributed by atoms with E-state index in [1.807, 2.05) is 18.3 Å². The van der Waals surface area contributed by atoms with Crippen LogP contribution < -0.4 is 10.5 Å². The van der Waals surface area contributed by atoms with Crippen LogP contribution in [0.15, 0.2) is 18.3 Å².